The summed E-state index contributed by atoms with van der Waals surface area (Å²) in [6.07, 6.45) is 3.59. The zero-order valence-corrected chi connectivity index (χ0v) is 15.6. The number of carbonyl (C=O) groups excluding carboxylic acids is 1. The molecule has 25 heavy (non-hydrogen) atoms. The summed E-state index contributed by atoms with van der Waals surface area (Å²) in [6.45, 7) is 3.40. The predicted octanol–water partition coefficient (Wildman–Crippen LogP) is 3.87. The zero-order valence-electron chi connectivity index (χ0n) is 13.3. The molecule has 1 aromatic carbocycles. The summed E-state index contributed by atoms with van der Waals surface area (Å²) in [5.74, 6) is 0. The Kier molecular flexibility index (Phi) is 4.19. The number of halogens is 2. The van der Waals surface area contributed by atoms with Crippen LogP contribution in [0.5, 0.6) is 0 Å². The van der Waals surface area contributed by atoms with E-state index in [2.05, 4.69) is 5.32 Å². The van der Waals surface area contributed by atoms with Gasteiger partial charge in [0.1, 0.15) is 15.7 Å². The summed E-state index contributed by atoms with van der Waals surface area (Å²) in [5.41, 5.74) is 0.543. The van der Waals surface area contributed by atoms with Crippen molar-refractivity contribution in [3.8, 4) is 0 Å². The number of rotatable bonds is 2. The van der Waals surface area contributed by atoms with Crippen molar-refractivity contribution in [3.63, 3.8) is 0 Å². The molecule has 3 rings (SSSR count). The Balaban J connectivity index is 2.20. The molecule has 2 aliphatic rings. The molecule has 2 N–H and O–H groups in total. The average molecular weight is 404 g/mol. The van der Waals surface area contributed by atoms with Crippen LogP contribution >= 0.6 is 23.2 Å². The van der Waals surface area contributed by atoms with Gasteiger partial charge in [-0.2, -0.15) is 8.42 Å². The Labute approximate surface area is 155 Å². The maximum atomic E-state index is 11.8. The Bertz CT molecular complexity index is 922. The molecule has 1 aliphatic carbocycles. The fraction of sp³-hybridized carbons (Fsp3) is 0.312. The largest absolute Gasteiger partial charge is 0.438 e. The quantitative estimate of drug-likeness (QED) is 0.577. The molecule has 6 nitrogen and oxygen atoms in total. The zero-order chi connectivity index (χ0) is 18.6. The summed E-state index contributed by atoms with van der Waals surface area (Å²) < 4.78 is 38.5. The monoisotopic (exact) mass is 403 g/mol. The maximum absolute atomic E-state index is 11.8. The van der Waals surface area contributed by atoms with Gasteiger partial charge in [-0.1, -0.05) is 29.8 Å². The van der Waals surface area contributed by atoms with Crippen LogP contribution in [0.15, 0.2) is 41.5 Å². The van der Waals surface area contributed by atoms with Crippen LogP contribution in [-0.2, 0) is 25.3 Å². The van der Waals surface area contributed by atoms with Crippen molar-refractivity contribution in [1.29, 1.82) is 0 Å². The van der Waals surface area contributed by atoms with Crippen LogP contribution in [0.4, 0.5) is 10.5 Å². The Hall–Kier alpha value is -1.54. The van der Waals surface area contributed by atoms with Crippen molar-refractivity contribution < 1.29 is 22.5 Å². The molecule has 1 aromatic rings. The highest BCUT2D eigenvalue weighted by molar-refractivity contribution is 7.86. The maximum Gasteiger partial charge on any atom is 0.412 e. The topological polar surface area (TPSA) is 92.7 Å². The second-order valence-electron chi connectivity index (χ2n) is 6.33. The second-order valence-corrected chi connectivity index (χ2v) is 8.87. The Morgan fingerprint density at radius 2 is 2.00 bits per heavy atom. The number of anilines is 1. The fourth-order valence-electron chi connectivity index (χ4n) is 3.04. The summed E-state index contributed by atoms with van der Waals surface area (Å²) in [6, 6.07) is 4.77. The normalized spacial score (nSPS) is 27.8. The summed E-state index contributed by atoms with van der Waals surface area (Å²) in [5, 5.41) is 1.17. The Morgan fingerprint density at radius 1 is 1.32 bits per heavy atom. The highest BCUT2D eigenvalue weighted by Gasteiger charge is 2.49. The van der Waals surface area contributed by atoms with E-state index in [1.54, 1.807) is 32.0 Å². The molecular weight excluding hydrogens is 389 g/mol. The first-order valence-electron chi connectivity index (χ1n) is 7.31. The number of carbonyl (C=O) groups is 1. The minimum atomic E-state index is -4.52. The second kappa shape index (κ2) is 5.74. The van der Waals surface area contributed by atoms with Gasteiger partial charge in [0.25, 0.3) is 10.1 Å². The molecule has 0 spiro atoms. The molecule has 0 radical (unpaired) electrons. The third-order valence-electron chi connectivity index (χ3n) is 4.26. The molecule has 0 saturated heterocycles. The molecule has 2 atom stereocenters. The molecule has 134 valence electrons. The molecule has 2 unspecified atom stereocenters. The number of benzene rings is 1. The van der Waals surface area contributed by atoms with Gasteiger partial charge in [-0.3, -0.25) is 9.87 Å². The standard InChI is InChI=1S/C16H15Cl2NO5S/c1-15(2)10-8-9(6-7-11(10)19-14(20)24-15)16(18)12(17)4-3-5-13(16)25(21,22)23/h3-8,13H,1-2H3,(H,19,20)(H,21,22,23). The third kappa shape index (κ3) is 2.95. The summed E-state index contributed by atoms with van der Waals surface area (Å²) >= 11 is 12.9. The lowest BCUT2D eigenvalue weighted by atomic mass is 9.85. The van der Waals surface area contributed by atoms with Crippen molar-refractivity contribution in [2.24, 2.45) is 0 Å². The molecule has 0 fully saturated rings. The van der Waals surface area contributed by atoms with Gasteiger partial charge in [0.15, 0.2) is 0 Å². The molecule has 0 aromatic heterocycles. The van der Waals surface area contributed by atoms with Gasteiger partial charge in [-0.05, 0) is 37.6 Å². The fourth-order valence-corrected chi connectivity index (χ4v) is 4.96. The van der Waals surface area contributed by atoms with E-state index in [-0.39, 0.29) is 5.03 Å². The molecule has 9 heteroatoms. The van der Waals surface area contributed by atoms with Gasteiger partial charge < -0.3 is 4.74 Å². The number of amides is 1. The van der Waals surface area contributed by atoms with E-state index in [1.165, 1.54) is 18.2 Å². The van der Waals surface area contributed by atoms with E-state index in [0.717, 1.165) is 0 Å². The summed E-state index contributed by atoms with van der Waals surface area (Å²) in [4.78, 5) is 9.92. The number of hydrogen-bond acceptors (Lipinski definition) is 4. The third-order valence-corrected chi connectivity index (χ3v) is 6.72. The lowest BCUT2D eigenvalue weighted by molar-refractivity contribution is 0.0419. The number of allylic oxidation sites excluding steroid dienone is 3. The van der Waals surface area contributed by atoms with E-state index in [4.69, 9.17) is 27.9 Å². The van der Waals surface area contributed by atoms with Crippen molar-refractivity contribution in [2.75, 3.05) is 5.32 Å². The molecule has 0 saturated carbocycles. The first-order valence-corrected chi connectivity index (χ1v) is 9.57. The van der Waals surface area contributed by atoms with Crippen LogP contribution in [0.2, 0.25) is 0 Å². The van der Waals surface area contributed by atoms with Crippen LogP contribution in [-0.4, -0.2) is 24.3 Å². The molecule has 1 amide bonds. The van der Waals surface area contributed by atoms with Crippen molar-refractivity contribution in [1.82, 2.24) is 0 Å². The van der Waals surface area contributed by atoms with Crippen molar-refractivity contribution in [3.05, 3.63) is 52.6 Å². The van der Waals surface area contributed by atoms with Crippen LogP contribution in [0.3, 0.4) is 0 Å². The van der Waals surface area contributed by atoms with E-state index >= 15 is 0 Å². The minimum absolute atomic E-state index is 0.0535. The summed E-state index contributed by atoms with van der Waals surface area (Å²) in [7, 11) is -4.52. The van der Waals surface area contributed by atoms with Gasteiger partial charge in [0.2, 0.25) is 0 Å². The number of ether oxygens (including phenoxy) is 1. The first-order chi connectivity index (χ1) is 11.5. The van der Waals surface area contributed by atoms with Crippen LogP contribution in [0.25, 0.3) is 0 Å². The molecule has 1 aliphatic heterocycles. The van der Waals surface area contributed by atoms with Gasteiger partial charge >= 0.3 is 6.09 Å². The number of hydrogen-bond donors (Lipinski definition) is 2. The number of cyclic esters (lactones) is 1. The van der Waals surface area contributed by atoms with Gasteiger partial charge in [0.05, 0.1) is 5.69 Å². The van der Waals surface area contributed by atoms with E-state index in [0.29, 0.717) is 16.8 Å². The lowest BCUT2D eigenvalue weighted by Gasteiger charge is -2.37. The van der Waals surface area contributed by atoms with Crippen molar-refractivity contribution in [2.45, 2.75) is 29.6 Å². The Morgan fingerprint density at radius 3 is 2.64 bits per heavy atom. The first kappa shape index (κ1) is 18.3. The van der Waals surface area contributed by atoms with E-state index in [9.17, 15) is 17.8 Å². The average Bonchev–Trinajstić information content (AvgIpc) is 2.47. The number of alkyl halides is 1. The predicted molar refractivity (Wildman–Crippen MR) is 95.5 cm³/mol. The highest BCUT2D eigenvalue weighted by atomic mass is 35.5. The smallest absolute Gasteiger partial charge is 0.412 e. The molecular formula is C16H15Cl2NO5S. The van der Waals surface area contributed by atoms with Gasteiger partial charge in [-0.15, -0.1) is 11.6 Å². The highest BCUT2D eigenvalue weighted by Crippen LogP contribution is 2.49. The van der Waals surface area contributed by atoms with Crippen LogP contribution < -0.4 is 5.32 Å². The lowest BCUT2D eigenvalue weighted by Crippen LogP contribution is -2.41. The minimum Gasteiger partial charge on any atom is -0.438 e. The van der Waals surface area contributed by atoms with Gasteiger partial charge in [0, 0.05) is 10.6 Å². The van der Waals surface area contributed by atoms with Gasteiger partial charge in [-0.25, -0.2) is 4.79 Å². The number of fused-ring (bicyclic) bond motifs is 1. The van der Waals surface area contributed by atoms with E-state index in [1.807, 2.05) is 0 Å². The SMILES string of the molecule is CC1(C)OC(=O)Nc2ccc(C3(Cl)C(Cl)=CC=CC3S(=O)(=O)O)cc21. The molecule has 0 bridgehead atoms. The van der Waals surface area contributed by atoms with Crippen molar-refractivity contribution >= 4 is 45.1 Å². The molecule has 1 heterocycles. The van der Waals surface area contributed by atoms with Crippen LogP contribution in [0, 0.1) is 0 Å². The van der Waals surface area contributed by atoms with Crippen LogP contribution in [0.1, 0.15) is 25.0 Å². The van der Waals surface area contributed by atoms with E-state index < -0.39 is 31.9 Å². The number of nitrogens with one attached hydrogen (secondary N) is 1.